The van der Waals surface area contributed by atoms with Crippen LogP contribution in [0.15, 0.2) is 0 Å². The molecule has 15 heavy (non-hydrogen) atoms. The van der Waals surface area contributed by atoms with E-state index in [2.05, 4.69) is 25.1 Å². The SMILES string of the molecule is CCOP(=O)(SN(CC)CC)C(C)CC. The number of nitrogens with zero attached hydrogens (tertiary/aromatic N) is 1. The zero-order valence-corrected chi connectivity index (χ0v) is 12.2. The van der Waals surface area contributed by atoms with Crippen LogP contribution < -0.4 is 0 Å². The van der Waals surface area contributed by atoms with Gasteiger partial charge in [0.1, 0.15) is 0 Å². The molecule has 0 rings (SSSR count). The van der Waals surface area contributed by atoms with Crippen molar-refractivity contribution in [2.24, 2.45) is 0 Å². The summed E-state index contributed by atoms with van der Waals surface area (Å²) in [5.74, 6) is 0. The molecule has 0 aliphatic heterocycles. The summed E-state index contributed by atoms with van der Waals surface area (Å²) in [6.07, 6.45) is 0.894. The molecule has 0 aromatic heterocycles. The summed E-state index contributed by atoms with van der Waals surface area (Å²) in [5, 5.41) is 0. The molecule has 0 aliphatic rings. The largest absolute Gasteiger partial charge is 0.320 e. The molecule has 92 valence electrons. The fourth-order valence-electron chi connectivity index (χ4n) is 1.13. The van der Waals surface area contributed by atoms with Gasteiger partial charge in [-0.2, -0.15) is 0 Å². The van der Waals surface area contributed by atoms with Crippen molar-refractivity contribution >= 4 is 18.1 Å². The maximum absolute atomic E-state index is 12.6. The van der Waals surface area contributed by atoms with Crippen LogP contribution in [0.3, 0.4) is 0 Å². The summed E-state index contributed by atoms with van der Waals surface area (Å²) < 4.78 is 20.2. The van der Waals surface area contributed by atoms with Crippen LogP contribution in [-0.4, -0.2) is 29.7 Å². The van der Waals surface area contributed by atoms with Crippen LogP contribution in [0, 0.1) is 0 Å². The van der Waals surface area contributed by atoms with Crippen molar-refractivity contribution in [1.29, 1.82) is 0 Å². The van der Waals surface area contributed by atoms with Crippen LogP contribution in [0.5, 0.6) is 0 Å². The van der Waals surface area contributed by atoms with E-state index in [0.29, 0.717) is 6.61 Å². The topological polar surface area (TPSA) is 29.5 Å². The first kappa shape index (κ1) is 15.5. The van der Waals surface area contributed by atoms with Crippen LogP contribution in [0.4, 0.5) is 0 Å². The molecule has 0 saturated heterocycles. The third kappa shape index (κ3) is 4.90. The molecule has 0 fully saturated rings. The average Bonchev–Trinajstić information content (AvgIpc) is 2.25. The van der Waals surface area contributed by atoms with Gasteiger partial charge in [0.05, 0.1) is 6.61 Å². The Bertz CT molecular complexity index is 210. The van der Waals surface area contributed by atoms with Crippen LogP contribution in [-0.2, 0) is 9.09 Å². The Morgan fingerprint density at radius 1 is 1.27 bits per heavy atom. The molecule has 0 aromatic rings. The van der Waals surface area contributed by atoms with E-state index in [4.69, 9.17) is 4.52 Å². The summed E-state index contributed by atoms with van der Waals surface area (Å²) in [5.41, 5.74) is 0.128. The molecule has 0 spiro atoms. The van der Waals surface area contributed by atoms with E-state index >= 15 is 0 Å². The first-order chi connectivity index (χ1) is 7.03. The van der Waals surface area contributed by atoms with E-state index in [1.807, 2.05) is 13.8 Å². The molecule has 0 radical (unpaired) electrons. The molecule has 0 aromatic carbocycles. The maximum atomic E-state index is 12.6. The van der Waals surface area contributed by atoms with Crippen molar-refractivity contribution < 1.29 is 9.09 Å². The number of hydrogen-bond donors (Lipinski definition) is 0. The molecule has 5 heteroatoms. The van der Waals surface area contributed by atoms with Crippen molar-refractivity contribution in [3.05, 3.63) is 0 Å². The molecule has 0 aliphatic carbocycles. The lowest BCUT2D eigenvalue weighted by Crippen LogP contribution is -2.16. The molecule has 0 heterocycles. The fourth-order valence-corrected chi connectivity index (χ4v) is 6.00. The number of rotatable bonds is 8. The van der Waals surface area contributed by atoms with Gasteiger partial charge in [-0.25, -0.2) is 4.31 Å². The molecule has 2 atom stereocenters. The summed E-state index contributed by atoms with van der Waals surface area (Å²) in [6, 6.07) is 0. The molecule has 2 unspecified atom stereocenters. The predicted molar refractivity (Wildman–Crippen MR) is 69.5 cm³/mol. The lowest BCUT2D eigenvalue weighted by molar-refractivity contribution is 0.337. The quantitative estimate of drug-likeness (QED) is 0.483. The summed E-state index contributed by atoms with van der Waals surface area (Å²) in [6.45, 7) is 9.87. The van der Waals surface area contributed by atoms with Crippen LogP contribution >= 0.6 is 18.1 Å². The Hall–Kier alpha value is 0.500. The van der Waals surface area contributed by atoms with Crippen molar-refractivity contribution in [2.45, 2.75) is 46.7 Å². The minimum Gasteiger partial charge on any atom is -0.320 e. The average molecular weight is 253 g/mol. The van der Waals surface area contributed by atoms with Gasteiger partial charge in [0.2, 0.25) is 0 Å². The zero-order chi connectivity index (χ0) is 11.9. The minimum atomic E-state index is -2.56. The highest BCUT2D eigenvalue weighted by Gasteiger charge is 2.32. The fraction of sp³-hybridized carbons (Fsp3) is 1.00. The standard InChI is InChI=1S/C10H24NO2PS/c1-6-10(5)14(12,13-9-4)15-11(7-2)8-3/h10H,6-9H2,1-5H3. The van der Waals surface area contributed by atoms with Crippen molar-refractivity contribution in [3.63, 3.8) is 0 Å². The van der Waals surface area contributed by atoms with Crippen LogP contribution in [0.25, 0.3) is 0 Å². The first-order valence-corrected chi connectivity index (χ1v) is 8.80. The highest BCUT2D eigenvalue weighted by atomic mass is 32.7. The van der Waals surface area contributed by atoms with Gasteiger partial charge < -0.3 is 4.52 Å². The maximum Gasteiger partial charge on any atom is 0.274 e. The van der Waals surface area contributed by atoms with Gasteiger partial charge in [-0.05, 0) is 13.3 Å². The summed E-state index contributed by atoms with van der Waals surface area (Å²) in [4.78, 5) is 0. The lowest BCUT2D eigenvalue weighted by Gasteiger charge is -2.27. The molecule has 0 saturated carbocycles. The Morgan fingerprint density at radius 2 is 1.80 bits per heavy atom. The van der Waals surface area contributed by atoms with Gasteiger partial charge in [-0.3, -0.25) is 4.57 Å². The van der Waals surface area contributed by atoms with E-state index in [0.717, 1.165) is 19.5 Å². The Labute approximate surface area is 98.3 Å². The van der Waals surface area contributed by atoms with Crippen molar-refractivity contribution in [2.75, 3.05) is 19.7 Å². The molecule has 3 nitrogen and oxygen atoms in total. The molecular formula is C10H24NO2PS. The smallest absolute Gasteiger partial charge is 0.274 e. The normalized spacial score (nSPS) is 17.7. The third-order valence-electron chi connectivity index (χ3n) is 2.37. The van der Waals surface area contributed by atoms with Gasteiger partial charge in [0, 0.05) is 30.3 Å². The van der Waals surface area contributed by atoms with Gasteiger partial charge in [0.15, 0.2) is 0 Å². The summed E-state index contributed by atoms with van der Waals surface area (Å²) >= 11 is 1.42. The highest BCUT2D eigenvalue weighted by molar-refractivity contribution is 8.55. The molecular weight excluding hydrogens is 229 g/mol. The van der Waals surface area contributed by atoms with E-state index in [-0.39, 0.29) is 5.66 Å². The Balaban J connectivity index is 4.56. The van der Waals surface area contributed by atoms with Crippen LogP contribution in [0.2, 0.25) is 0 Å². The second-order valence-electron chi connectivity index (χ2n) is 3.41. The van der Waals surface area contributed by atoms with E-state index in [1.54, 1.807) is 0 Å². The van der Waals surface area contributed by atoms with Gasteiger partial charge in [0.25, 0.3) is 6.57 Å². The zero-order valence-electron chi connectivity index (χ0n) is 10.5. The Kier molecular flexibility index (Phi) is 7.98. The number of hydrogen-bond acceptors (Lipinski definition) is 4. The highest BCUT2D eigenvalue weighted by Crippen LogP contribution is 2.65. The molecule has 0 bridgehead atoms. The van der Waals surface area contributed by atoms with Crippen molar-refractivity contribution in [3.8, 4) is 0 Å². The predicted octanol–water partition coefficient (Wildman–Crippen LogP) is 4.00. The second-order valence-corrected chi connectivity index (χ2v) is 8.33. The monoisotopic (exact) mass is 253 g/mol. The van der Waals surface area contributed by atoms with E-state index in [1.165, 1.54) is 11.6 Å². The van der Waals surface area contributed by atoms with Crippen LogP contribution in [0.1, 0.15) is 41.0 Å². The molecule has 0 amide bonds. The van der Waals surface area contributed by atoms with E-state index < -0.39 is 6.57 Å². The van der Waals surface area contributed by atoms with Gasteiger partial charge in [-0.15, -0.1) is 0 Å². The third-order valence-corrected chi connectivity index (χ3v) is 8.18. The van der Waals surface area contributed by atoms with Gasteiger partial charge >= 0.3 is 0 Å². The Morgan fingerprint density at radius 3 is 2.13 bits per heavy atom. The van der Waals surface area contributed by atoms with E-state index in [9.17, 15) is 4.57 Å². The van der Waals surface area contributed by atoms with Crippen molar-refractivity contribution in [1.82, 2.24) is 4.31 Å². The first-order valence-electron chi connectivity index (χ1n) is 5.72. The summed E-state index contributed by atoms with van der Waals surface area (Å²) in [7, 11) is 0. The molecule has 0 N–H and O–H groups in total. The second kappa shape index (κ2) is 7.72. The van der Waals surface area contributed by atoms with Gasteiger partial charge in [-0.1, -0.05) is 27.7 Å². The lowest BCUT2D eigenvalue weighted by atomic mass is 10.4. The minimum absolute atomic E-state index is 0.128.